The SMILES string of the molecule is COCc1cc(C)cc2c1Cc1ccc(C)cc1-2. The van der Waals surface area contributed by atoms with Crippen molar-refractivity contribution in [3.05, 3.63) is 58.1 Å². The van der Waals surface area contributed by atoms with E-state index in [4.69, 9.17) is 4.74 Å². The molecule has 0 saturated heterocycles. The van der Waals surface area contributed by atoms with E-state index in [0.717, 1.165) is 6.42 Å². The molecule has 3 rings (SSSR count). The minimum Gasteiger partial charge on any atom is -0.380 e. The number of fused-ring (bicyclic) bond motifs is 3. The zero-order valence-corrected chi connectivity index (χ0v) is 11.2. The summed E-state index contributed by atoms with van der Waals surface area (Å²) in [5.74, 6) is 0. The van der Waals surface area contributed by atoms with Gasteiger partial charge in [0.1, 0.15) is 0 Å². The Morgan fingerprint density at radius 3 is 2.56 bits per heavy atom. The average molecular weight is 238 g/mol. The van der Waals surface area contributed by atoms with Crippen LogP contribution in [0.1, 0.15) is 27.8 Å². The maximum atomic E-state index is 5.33. The van der Waals surface area contributed by atoms with E-state index in [0.29, 0.717) is 6.61 Å². The van der Waals surface area contributed by atoms with Crippen LogP contribution in [0.5, 0.6) is 0 Å². The fraction of sp³-hybridized carbons (Fsp3) is 0.294. The van der Waals surface area contributed by atoms with Crippen molar-refractivity contribution in [1.29, 1.82) is 0 Å². The summed E-state index contributed by atoms with van der Waals surface area (Å²) in [6, 6.07) is 11.3. The molecule has 1 heteroatoms. The first kappa shape index (κ1) is 11.5. The van der Waals surface area contributed by atoms with E-state index in [1.54, 1.807) is 7.11 Å². The van der Waals surface area contributed by atoms with Crippen molar-refractivity contribution in [2.24, 2.45) is 0 Å². The second kappa shape index (κ2) is 4.25. The van der Waals surface area contributed by atoms with Gasteiger partial charge < -0.3 is 4.74 Å². The number of ether oxygens (including phenoxy) is 1. The molecule has 2 aromatic rings. The van der Waals surface area contributed by atoms with Gasteiger partial charge in [-0.05, 0) is 48.1 Å². The van der Waals surface area contributed by atoms with E-state index in [-0.39, 0.29) is 0 Å². The Balaban J connectivity index is 2.21. The van der Waals surface area contributed by atoms with Crippen molar-refractivity contribution in [3.63, 3.8) is 0 Å². The Morgan fingerprint density at radius 1 is 1.00 bits per heavy atom. The molecule has 0 fully saturated rings. The Kier molecular flexibility index (Phi) is 2.71. The van der Waals surface area contributed by atoms with Crippen LogP contribution in [0.3, 0.4) is 0 Å². The maximum absolute atomic E-state index is 5.33. The van der Waals surface area contributed by atoms with Crippen LogP contribution in [0.25, 0.3) is 11.1 Å². The highest BCUT2D eigenvalue weighted by Gasteiger charge is 2.21. The van der Waals surface area contributed by atoms with Gasteiger partial charge >= 0.3 is 0 Å². The van der Waals surface area contributed by atoms with Gasteiger partial charge in [0.05, 0.1) is 6.61 Å². The van der Waals surface area contributed by atoms with Crippen LogP contribution in [0, 0.1) is 13.8 Å². The molecule has 0 spiro atoms. The molecule has 0 N–H and O–H groups in total. The second-order valence-corrected chi connectivity index (χ2v) is 5.22. The fourth-order valence-electron chi connectivity index (χ4n) is 2.91. The molecule has 0 unspecified atom stereocenters. The van der Waals surface area contributed by atoms with E-state index < -0.39 is 0 Å². The molecule has 1 aliphatic rings. The van der Waals surface area contributed by atoms with E-state index >= 15 is 0 Å². The molecule has 0 heterocycles. The largest absolute Gasteiger partial charge is 0.380 e. The summed E-state index contributed by atoms with van der Waals surface area (Å²) >= 11 is 0. The molecule has 2 aromatic carbocycles. The predicted molar refractivity (Wildman–Crippen MR) is 74.9 cm³/mol. The molecule has 0 aliphatic heterocycles. The van der Waals surface area contributed by atoms with Gasteiger partial charge in [-0.1, -0.05) is 41.5 Å². The summed E-state index contributed by atoms with van der Waals surface area (Å²) in [4.78, 5) is 0. The van der Waals surface area contributed by atoms with Crippen LogP contribution in [0.15, 0.2) is 30.3 Å². The number of benzene rings is 2. The number of methoxy groups -OCH3 is 1. The van der Waals surface area contributed by atoms with Gasteiger partial charge in [0.15, 0.2) is 0 Å². The lowest BCUT2D eigenvalue weighted by molar-refractivity contribution is 0.184. The first-order valence-electron chi connectivity index (χ1n) is 6.40. The van der Waals surface area contributed by atoms with Gasteiger partial charge in [-0.3, -0.25) is 0 Å². The highest BCUT2D eigenvalue weighted by molar-refractivity contribution is 5.79. The van der Waals surface area contributed by atoms with Crippen LogP contribution < -0.4 is 0 Å². The van der Waals surface area contributed by atoms with Crippen LogP contribution in [0.4, 0.5) is 0 Å². The molecule has 0 aromatic heterocycles. The van der Waals surface area contributed by atoms with Gasteiger partial charge in [0.25, 0.3) is 0 Å². The third-order valence-electron chi connectivity index (χ3n) is 3.71. The summed E-state index contributed by atoms with van der Waals surface area (Å²) in [7, 11) is 1.76. The summed E-state index contributed by atoms with van der Waals surface area (Å²) in [5.41, 5.74) is 9.68. The minimum absolute atomic E-state index is 0.705. The monoisotopic (exact) mass is 238 g/mol. The molecule has 0 atom stereocenters. The lowest BCUT2D eigenvalue weighted by atomic mass is 9.98. The average Bonchev–Trinajstić information content (AvgIpc) is 2.68. The molecule has 1 aliphatic carbocycles. The molecule has 18 heavy (non-hydrogen) atoms. The van der Waals surface area contributed by atoms with Crippen molar-refractivity contribution in [2.45, 2.75) is 26.9 Å². The van der Waals surface area contributed by atoms with E-state index in [9.17, 15) is 0 Å². The van der Waals surface area contributed by atoms with Crippen molar-refractivity contribution in [2.75, 3.05) is 7.11 Å². The van der Waals surface area contributed by atoms with Crippen LogP contribution in [-0.4, -0.2) is 7.11 Å². The zero-order valence-electron chi connectivity index (χ0n) is 11.2. The number of hydrogen-bond donors (Lipinski definition) is 0. The normalized spacial score (nSPS) is 12.4. The second-order valence-electron chi connectivity index (χ2n) is 5.22. The van der Waals surface area contributed by atoms with Gasteiger partial charge in [0, 0.05) is 7.11 Å². The van der Waals surface area contributed by atoms with E-state index in [1.165, 1.54) is 38.9 Å². The lowest BCUT2D eigenvalue weighted by Crippen LogP contribution is -1.95. The molecule has 1 nitrogen and oxygen atoms in total. The Bertz CT molecular complexity index is 611. The molecule has 0 bridgehead atoms. The van der Waals surface area contributed by atoms with Gasteiger partial charge in [0.2, 0.25) is 0 Å². The molecule has 0 radical (unpaired) electrons. The summed E-state index contributed by atoms with van der Waals surface area (Å²) < 4.78 is 5.33. The van der Waals surface area contributed by atoms with Crippen LogP contribution in [-0.2, 0) is 17.8 Å². The number of rotatable bonds is 2. The molecule has 92 valence electrons. The molecule has 0 amide bonds. The Labute approximate surface area is 108 Å². The van der Waals surface area contributed by atoms with Crippen molar-refractivity contribution in [1.82, 2.24) is 0 Å². The summed E-state index contributed by atoms with van der Waals surface area (Å²) in [6.07, 6.45) is 1.05. The van der Waals surface area contributed by atoms with Crippen LogP contribution >= 0.6 is 0 Å². The maximum Gasteiger partial charge on any atom is 0.0716 e. The first-order chi connectivity index (χ1) is 8.69. The van der Waals surface area contributed by atoms with Gasteiger partial charge in [-0.25, -0.2) is 0 Å². The van der Waals surface area contributed by atoms with Gasteiger partial charge in [-0.15, -0.1) is 0 Å². The standard InChI is InChI=1S/C17H18O/c1-11-4-5-13-9-16-14(10-18-3)6-12(2)8-17(16)15(13)7-11/h4-8H,9-10H2,1-3H3. The quantitative estimate of drug-likeness (QED) is 0.655. The van der Waals surface area contributed by atoms with E-state index in [2.05, 4.69) is 44.2 Å². The highest BCUT2D eigenvalue weighted by atomic mass is 16.5. The van der Waals surface area contributed by atoms with E-state index in [1.807, 2.05) is 0 Å². The van der Waals surface area contributed by atoms with Crippen LogP contribution in [0.2, 0.25) is 0 Å². The van der Waals surface area contributed by atoms with Crippen molar-refractivity contribution in [3.8, 4) is 11.1 Å². The summed E-state index contributed by atoms with van der Waals surface area (Å²) in [5, 5.41) is 0. The molecule has 0 saturated carbocycles. The Hall–Kier alpha value is -1.60. The minimum atomic E-state index is 0.705. The predicted octanol–water partition coefficient (Wildman–Crippen LogP) is 4.02. The topological polar surface area (TPSA) is 9.23 Å². The third kappa shape index (κ3) is 1.75. The first-order valence-corrected chi connectivity index (χ1v) is 6.40. The van der Waals surface area contributed by atoms with Crippen molar-refractivity contribution >= 4 is 0 Å². The third-order valence-corrected chi connectivity index (χ3v) is 3.71. The Morgan fingerprint density at radius 2 is 1.78 bits per heavy atom. The molecular formula is C17H18O. The highest BCUT2D eigenvalue weighted by Crippen LogP contribution is 2.39. The van der Waals surface area contributed by atoms with Crippen molar-refractivity contribution < 1.29 is 4.74 Å². The zero-order chi connectivity index (χ0) is 12.7. The van der Waals surface area contributed by atoms with Gasteiger partial charge in [-0.2, -0.15) is 0 Å². The molecular weight excluding hydrogens is 220 g/mol. The smallest absolute Gasteiger partial charge is 0.0716 e. The summed E-state index contributed by atoms with van der Waals surface area (Å²) in [6.45, 7) is 5.02. The number of aryl methyl sites for hydroxylation is 2. The fourth-order valence-corrected chi connectivity index (χ4v) is 2.91. The number of hydrogen-bond acceptors (Lipinski definition) is 1. The lowest BCUT2D eigenvalue weighted by Gasteiger charge is -2.09.